The molecule has 2 amide bonds. The van der Waals surface area contributed by atoms with Crippen LogP contribution in [0.5, 0.6) is 0 Å². The fourth-order valence-electron chi connectivity index (χ4n) is 2.92. The maximum Gasteiger partial charge on any atom is 0.328 e. The largest absolute Gasteiger partial charge is 0.328 e. The molecule has 162 valence electrons. The van der Waals surface area contributed by atoms with Crippen molar-refractivity contribution in [2.75, 3.05) is 12.8 Å². The van der Waals surface area contributed by atoms with E-state index in [9.17, 15) is 18.0 Å². The normalized spacial score (nSPS) is 18.0. The van der Waals surface area contributed by atoms with Crippen LogP contribution in [0.4, 0.5) is 4.79 Å². The molecule has 30 heavy (non-hydrogen) atoms. The standard InChI is InChI=1S/C19H22N4O5S.ClH/c1-18(16(24)21-26,29(2,27)28)9-10-22-13-15-11-14(12-23(15)17(22)25)5-3-4-6-19(20)7-8-19;/h11-12,26H,7-10,13,20H2,1-2H3,(H,21,24);1H/t18-;/m1./s1. The van der Waals surface area contributed by atoms with Crippen LogP contribution >= 0.6 is 12.4 Å². The Kier molecular flexibility index (Phi) is 6.60. The first-order valence-corrected chi connectivity index (χ1v) is 10.8. The van der Waals surface area contributed by atoms with E-state index in [1.165, 1.54) is 21.9 Å². The van der Waals surface area contributed by atoms with Gasteiger partial charge in [0.1, 0.15) is 0 Å². The highest BCUT2D eigenvalue weighted by Crippen LogP contribution is 2.30. The monoisotopic (exact) mass is 454 g/mol. The van der Waals surface area contributed by atoms with Crippen molar-refractivity contribution in [3.05, 3.63) is 23.5 Å². The number of rotatable bonds is 5. The number of hydrogen-bond acceptors (Lipinski definition) is 6. The number of carbonyl (C=O) groups is 2. The molecule has 11 heteroatoms. The predicted octanol–water partition coefficient (Wildman–Crippen LogP) is 0.239. The quantitative estimate of drug-likeness (QED) is 0.331. The van der Waals surface area contributed by atoms with E-state index in [1.807, 2.05) is 0 Å². The number of nitrogens with one attached hydrogen (secondary N) is 1. The van der Waals surface area contributed by atoms with Crippen molar-refractivity contribution < 1.29 is 23.2 Å². The van der Waals surface area contributed by atoms with Crippen LogP contribution in [-0.2, 0) is 21.2 Å². The van der Waals surface area contributed by atoms with Crippen LogP contribution in [0.15, 0.2) is 12.3 Å². The first kappa shape index (κ1) is 23.8. The third-order valence-electron chi connectivity index (χ3n) is 5.36. The van der Waals surface area contributed by atoms with Crippen LogP contribution in [0.25, 0.3) is 0 Å². The van der Waals surface area contributed by atoms with Crippen molar-refractivity contribution in [3.63, 3.8) is 0 Å². The predicted molar refractivity (Wildman–Crippen MR) is 111 cm³/mol. The van der Waals surface area contributed by atoms with Gasteiger partial charge in [0, 0.05) is 30.3 Å². The van der Waals surface area contributed by atoms with Gasteiger partial charge >= 0.3 is 6.03 Å². The smallest absolute Gasteiger partial charge is 0.318 e. The van der Waals surface area contributed by atoms with E-state index in [0.717, 1.165) is 19.1 Å². The Morgan fingerprint density at radius 3 is 2.60 bits per heavy atom. The van der Waals surface area contributed by atoms with E-state index in [0.29, 0.717) is 11.3 Å². The average Bonchev–Trinajstić information content (AvgIpc) is 3.14. The fourth-order valence-corrected chi connectivity index (χ4v) is 3.76. The van der Waals surface area contributed by atoms with Crippen molar-refractivity contribution in [2.24, 2.45) is 5.73 Å². The Bertz CT molecular complexity index is 1100. The molecule has 1 aliphatic carbocycles. The number of hydrogen-bond donors (Lipinski definition) is 3. The number of amides is 2. The topological polar surface area (TPSA) is 135 Å². The lowest BCUT2D eigenvalue weighted by molar-refractivity contribution is -0.131. The number of carbonyl (C=O) groups excluding carboxylic acids is 2. The summed E-state index contributed by atoms with van der Waals surface area (Å²) in [6.45, 7) is 1.51. The summed E-state index contributed by atoms with van der Waals surface area (Å²) in [7, 11) is -3.82. The molecule has 9 nitrogen and oxygen atoms in total. The lowest BCUT2D eigenvalue weighted by Gasteiger charge is -2.27. The van der Waals surface area contributed by atoms with Crippen molar-refractivity contribution in [1.29, 1.82) is 0 Å². The molecule has 1 saturated carbocycles. The maximum absolute atomic E-state index is 12.6. The van der Waals surface area contributed by atoms with Gasteiger partial charge in [-0.3, -0.25) is 14.6 Å². The highest BCUT2D eigenvalue weighted by Gasteiger charge is 2.44. The summed E-state index contributed by atoms with van der Waals surface area (Å²) in [6, 6.07) is 1.43. The second kappa shape index (κ2) is 8.32. The molecule has 0 spiro atoms. The maximum atomic E-state index is 12.6. The Balaban J connectivity index is 0.00000320. The Hall–Kier alpha value is -2.50. The summed E-state index contributed by atoms with van der Waals surface area (Å²) in [6.07, 6.45) is 4.12. The summed E-state index contributed by atoms with van der Waals surface area (Å²) >= 11 is 0. The molecule has 0 bridgehead atoms. The minimum absolute atomic E-state index is 0. The van der Waals surface area contributed by atoms with Gasteiger partial charge in [-0.1, -0.05) is 11.8 Å². The number of fused-ring (bicyclic) bond motifs is 1. The van der Waals surface area contributed by atoms with Crippen molar-refractivity contribution in [3.8, 4) is 23.7 Å². The van der Waals surface area contributed by atoms with E-state index in [2.05, 4.69) is 23.7 Å². The first-order chi connectivity index (χ1) is 13.5. The van der Waals surface area contributed by atoms with Gasteiger partial charge in [-0.15, -0.1) is 12.4 Å². The molecular weight excluding hydrogens is 432 g/mol. The summed E-state index contributed by atoms with van der Waals surface area (Å²) in [4.78, 5) is 25.9. The summed E-state index contributed by atoms with van der Waals surface area (Å²) in [5.74, 6) is 10.2. The third kappa shape index (κ3) is 4.63. The number of nitrogens with two attached hydrogens (primary N) is 1. The van der Waals surface area contributed by atoms with Gasteiger partial charge in [0.15, 0.2) is 14.6 Å². The highest BCUT2D eigenvalue weighted by molar-refractivity contribution is 7.92. The Morgan fingerprint density at radius 2 is 2.07 bits per heavy atom. The van der Waals surface area contributed by atoms with E-state index in [-0.39, 0.29) is 43.5 Å². The molecule has 2 aliphatic rings. The van der Waals surface area contributed by atoms with Crippen molar-refractivity contribution >= 4 is 34.2 Å². The number of hydroxylamine groups is 1. The van der Waals surface area contributed by atoms with Gasteiger partial charge < -0.3 is 10.6 Å². The zero-order chi connectivity index (χ0) is 21.4. The Morgan fingerprint density at radius 1 is 1.40 bits per heavy atom. The van der Waals surface area contributed by atoms with Crippen molar-refractivity contribution in [1.82, 2.24) is 14.9 Å². The van der Waals surface area contributed by atoms with E-state index < -0.39 is 20.5 Å². The third-order valence-corrected chi connectivity index (χ3v) is 7.38. The average molecular weight is 455 g/mol. The van der Waals surface area contributed by atoms with Crippen molar-refractivity contribution in [2.45, 2.75) is 43.0 Å². The Labute approximate surface area is 181 Å². The summed E-state index contributed by atoms with van der Waals surface area (Å²) < 4.78 is 23.6. The molecule has 4 N–H and O–H groups in total. The molecule has 1 aliphatic heterocycles. The number of sulfone groups is 1. The van der Waals surface area contributed by atoms with E-state index in [4.69, 9.17) is 10.9 Å². The van der Waals surface area contributed by atoms with Gasteiger partial charge in [-0.05, 0) is 44.1 Å². The van der Waals surface area contributed by atoms with Crippen LogP contribution in [0.2, 0.25) is 0 Å². The summed E-state index contributed by atoms with van der Waals surface area (Å²) in [5, 5.41) is 8.88. The van der Waals surface area contributed by atoms with E-state index in [1.54, 1.807) is 12.3 Å². The first-order valence-electron chi connectivity index (χ1n) is 8.96. The van der Waals surface area contributed by atoms with Crippen LogP contribution in [0.1, 0.15) is 37.4 Å². The molecule has 1 fully saturated rings. The molecular formula is C19H23ClN4O5S. The van der Waals surface area contributed by atoms with Crippen LogP contribution < -0.4 is 11.2 Å². The fraction of sp³-hybridized carbons (Fsp3) is 0.474. The second-order valence-corrected chi connectivity index (χ2v) is 10.1. The number of nitrogens with zero attached hydrogens (tertiary/aromatic N) is 2. The number of halogens is 1. The van der Waals surface area contributed by atoms with Crippen LogP contribution in [0, 0.1) is 23.7 Å². The van der Waals surface area contributed by atoms with E-state index >= 15 is 0 Å². The van der Waals surface area contributed by atoms with Crippen LogP contribution in [-0.4, -0.2) is 58.1 Å². The molecule has 0 aromatic carbocycles. The lowest BCUT2D eigenvalue weighted by atomic mass is 10.1. The van der Waals surface area contributed by atoms with Gasteiger partial charge in [-0.25, -0.2) is 18.7 Å². The van der Waals surface area contributed by atoms with Gasteiger partial charge in [0.2, 0.25) is 0 Å². The SMILES string of the molecule is C[C@@](CCN1Cc2cc(C#CC#CC3(N)CC3)cn2C1=O)(C(=O)NO)S(C)(=O)=O.Cl. The highest BCUT2D eigenvalue weighted by atomic mass is 35.5. The molecule has 0 radical (unpaired) electrons. The minimum Gasteiger partial charge on any atom is -0.318 e. The zero-order valence-electron chi connectivity index (χ0n) is 16.6. The molecule has 1 aromatic rings. The van der Waals surface area contributed by atoms with Gasteiger partial charge in [0.05, 0.1) is 12.1 Å². The molecule has 0 unspecified atom stereocenters. The zero-order valence-corrected chi connectivity index (χ0v) is 18.2. The second-order valence-electron chi connectivity index (χ2n) is 7.64. The summed E-state index contributed by atoms with van der Waals surface area (Å²) in [5.41, 5.74) is 8.22. The number of aromatic nitrogens is 1. The molecule has 3 rings (SSSR count). The van der Waals surface area contributed by atoms with Gasteiger partial charge in [0.25, 0.3) is 5.91 Å². The lowest BCUT2D eigenvalue weighted by Crippen LogP contribution is -2.50. The minimum atomic E-state index is -3.82. The van der Waals surface area contributed by atoms with Crippen LogP contribution in [0.3, 0.4) is 0 Å². The molecule has 2 heterocycles. The molecule has 0 saturated heterocycles. The van der Waals surface area contributed by atoms with Gasteiger partial charge in [-0.2, -0.15) is 0 Å². The molecule has 1 atom stereocenters. The molecule has 1 aromatic heterocycles.